The van der Waals surface area contributed by atoms with Crippen LogP contribution in [0.4, 0.5) is 0 Å². The molecule has 0 unspecified atom stereocenters. The van der Waals surface area contributed by atoms with Gasteiger partial charge in [0.15, 0.2) is 5.96 Å². The molecular weight excluding hydrogens is 398 g/mol. The fourth-order valence-corrected chi connectivity index (χ4v) is 5.35. The van der Waals surface area contributed by atoms with Crippen molar-refractivity contribution in [2.75, 3.05) is 26.2 Å². The number of primary sulfonamides is 1. The number of rotatable bonds is 7. The lowest BCUT2D eigenvalue weighted by atomic mass is 9.79. The molecule has 0 aromatic heterocycles. The van der Waals surface area contributed by atoms with Crippen LogP contribution in [-0.2, 0) is 16.6 Å². The van der Waals surface area contributed by atoms with Crippen molar-refractivity contribution in [2.24, 2.45) is 10.1 Å². The van der Waals surface area contributed by atoms with E-state index in [4.69, 9.17) is 10.1 Å². The minimum absolute atomic E-state index is 0.124. The summed E-state index contributed by atoms with van der Waals surface area (Å²) in [5.41, 5.74) is 1.05. The van der Waals surface area contributed by atoms with E-state index >= 15 is 0 Å². The molecule has 168 valence electrons. The molecule has 1 aliphatic heterocycles. The van der Waals surface area contributed by atoms with Crippen LogP contribution in [0.5, 0.6) is 0 Å². The zero-order valence-electron chi connectivity index (χ0n) is 18.2. The standard InChI is InChI=1S/C22H37N5O2S/c1-2-24-21(25-17-19-10-9-11-20(16-19)30(23,28)29)26-18-22(12-5-3-6-13-22)27-14-7-4-8-15-27/h9-11,16H,2-8,12-15,17-18H2,1H3,(H2,23,28,29)(H2,24,25,26). The molecule has 1 saturated carbocycles. The molecule has 1 heterocycles. The summed E-state index contributed by atoms with van der Waals surface area (Å²) in [5.74, 6) is 0.778. The highest BCUT2D eigenvalue weighted by Gasteiger charge is 2.38. The van der Waals surface area contributed by atoms with Gasteiger partial charge in [0.05, 0.1) is 11.4 Å². The van der Waals surface area contributed by atoms with Crippen molar-refractivity contribution in [2.45, 2.75) is 75.3 Å². The first-order chi connectivity index (χ1) is 14.4. The van der Waals surface area contributed by atoms with Gasteiger partial charge in [0.25, 0.3) is 0 Å². The average Bonchev–Trinajstić information content (AvgIpc) is 2.76. The maximum Gasteiger partial charge on any atom is 0.238 e. The number of likely N-dealkylation sites (tertiary alicyclic amines) is 1. The quantitative estimate of drug-likeness (QED) is 0.451. The second-order valence-electron chi connectivity index (χ2n) is 8.57. The van der Waals surface area contributed by atoms with Gasteiger partial charge < -0.3 is 10.6 Å². The summed E-state index contributed by atoms with van der Waals surface area (Å²) in [4.78, 5) is 7.56. The molecule has 2 aliphatic rings. The minimum atomic E-state index is -3.70. The first kappa shape index (κ1) is 23.0. The summed E-state index contributed by atoms with van der Waals surface area (Å²) < 4.78 is 23.2. The Morgan fingerprint density at radius 1 is 1.10 bits per heavy atom. The lowest BCUT2D eigenvalue weighted by Crippen LogP contribution is -2.59. The lowest BCUT2D eigenvalue weighted by molar-refractivity contribution is 0.0368. The van der Waals surface area contributed by atoms with Crippen LogP contribution in [0.25, 0.3) is 0 Å². The zero-order chi connectivity index (χ0) is 21.5. The molecule has 4 N–H and O–H groups in total. The number of sulfonamides is 1. The fraction of sp³-hybridized carbons (Fsp3) is 0.682. The van der Waals surface area contributed by atoms with Gasteiger partial charge in [-0.3, -0.25) is 4.90 Å². The third kappa shape index (κ3) is 6.18. The monoisotopic (exact) mass is 435 g/mol. The Kier molecular flexibility index (Phi) is 8.13. The van der Waals surface area contributed by atoms with E-state index in [2.05, 4.69) is 22.5 Å². The SMILES string of the molecule is CCNC(=NCc1cccc(S(N)(=O)=O)c1)NCC1(N2CCCCC2)CCCCC1. The smallest absolute Gasteiger partial charge is 0.238 e. The van der Waals surface area contributed by atoms with Crippen molar-refractivity contribution in [1.29, 1.82) is 0 Å². The van der Waals surface area contributed by atoms with Crippen molar-refractivity contribution in [3.8, 4) is 0 Å². The average molecular weight is 436 g/mol. The van der Waals surface area contributed by atoms with E-state index in [0.717, 1.165) is 24.6 Å². The largest absolute Gasteiger partial charge is 0.357 e. The van der Waals surface area contributed by atoms with Crippen molar-refractivity contribution >= 4 is 16.0 Å². The summed E-state index contributed by atoms with van der Waals surface area (Å²) in [5, 5.41) is 12.2. The topological polar surface area (TPSA) is 99.8 Å². The highest BCUT2D eigenvalue weighted by atomic mass is 32.2. The number of piperidine rings is 1. The Hall–Kier alpha value is -1.64. The normalized spacial score (nSPS) is 20.7. The van der Waals surface area contributed by atoms with Gasteiger partial charge in [-0.15, -0.1) is 0 Å². The lowest BCUT2D eigenvalue weighted by Gasteiger charge is -2.48. The van der Waals surface area contributed by atoms with Gasteiger partial charge in [0, 0.05) is 18.6 Å². The first-order valence-electron chi connectivity index (χ1n) is 11.3. The van der Waals surface area contributed by atoms with E-state index in [1.54, 1.807) is 12.1 Å². The molecule has 7 nitrogen and oxygen atoms in total. The van der Waals surface area contributed by atoms with Crippen LogP contribution in [0.2, 0.25) is 0 Å². The van der Waals surface area contributed by atoms with Crippen molar-refractivity contribution in [1.82, 2.24) is 15.5 Å². The molecule has 30 heavy (non-hydrogen) atoms. The van der Waals surface area contributed by atoms with Crippen LogP contribution < -0.4 is 15.8 Å². The van der Waals surface area contributed by atoms with Crippen molar-refractivity contribution in [3.63, 3.8) is 0 Å². The zero-order valence-corrected chi connectivity index (χ0v) is 19.0. The summed E-state index contributed by atoms with van der Waals surface area (Å²) in [7, 11) is -3.70. The van der Waals surface area contributed by atoms with Crippen LogP contribution in [0, 0.1) is 0 Å². The first-order valence-corrected chi connectivity index (χ1v) is 12.9. The molecule has 1 aromatic carbocycles. The highest BCUT2D eigenvalue weighted by molar-refractivity contribution is 7.89. The van der Waals surface area contributed by atoms with Gasteiger partial charge in [0.2, 0.25) is 10.0 Å². The Labute approximate surface area is 181 Å². The summed E-state index contributed by atoms with van der Waals surface area (Å²) in [6.45, 7) is 6.54. The predicted molar refractivity (Wildman–Crippen MR) is 122 cm³/mol. The molecule has 8 heteroatoms. The molecule has 3 rings (SSSR count). The van der Waals surface area contributed by atoms with Gasteiger partial charge in [-0.05, 0) is 63.4 Å². The molecule has 0 bridgehead atoms. The van der Waals surface area contributed by atoms with Crippen LogP contribution in [0.3, 0.4) is 0 Å². The summed E-state index contributed by atoms with van der Waals surface area (Å²) >= 11 is 0. The third-order valence-corrected chi connectivity index (χ3v) is 7.30. The number of hydrogen-bond acceptors (Lipinski definition) is 4. The van der Waals surface area contributed by atoms with E-state index in [1.807, 2.05) is 6.07 Å². The molecular formula is C22H37N5O2S. The molecule has 0 amide bonds. The van der Waals surface area contributed by atoms with E-state index < -0.39 is 10.0 Å². The van der Waals surface area contributed by atoms with Gasteiger partial charge in [-0.25, -0.2) is 18.5 Å². The fourth-order valence-electron chi connectivity index (χ4n) is 4.76. The molecule has 0 atom stereocenters. The second-order valence-corrected chi connectivity index (χ2v) is 10.1. The summed E-state index contributed by atoms with van der Waals surface area (Å²) in [6, 6.07) is 6.69. The number of hydrogen-bond donors (Lipinski definition) is 3. The molecule has 0 spiro atoms. The Bertz CT molecular complexity index is 813. The van der Waals surface area contributed by atoms with Crippen molar-refractivity contribution < 1.29 is 8.42 Å². The maximum atomic E-state index is 11.6. The van der Waals surface area contributed by atoms with Gasteiger partial charge >= 0.3 is 0 Å². The molecule has 1 aromatic rings. The van der Waals surface area contributed by atoms with E-state index in [0.29, 0.717) is 6.54 Å². The Balaban J connectivity index is 1.69. The Morgan fingerprint density at radius 3 is 2.47 bits per heavy atom. The number of guanidine groups is 1. The van der Waals surface area contributed by atoms with Crippen LogP contribution in [0.15, 0.2) is 34.2 Å². The maximum absolute atomic E-state index is 11.6. The molecule has 2 fully saturated rings. The van der Waals surface area contributed by atoms with E-state index in [-0.39, 0.29) is 10.4 Å². The number of aliphatic imine (C=N–C) groups is 1. The highest BCUT2D eigenvalue weighted by Crippen LogP contribution is 2.35. The van der Waals surface area contributed by atoms with Crippen LogP contribution >= 0.6 is 0 Å². The molecule has 1 aliphatic carbocycles. The van der Waals surface area contributed by atoms with Gasteiger partial charge in [-0.1, -0.05) is 37.8 Å². The number of nitrogens with one attached hydrogen (secondary N) is 2. The van der Waals surface area contributed by atoms with Gasteiger partial charge in [0.1, 0.15) is 0 Å². The number of nitrogens with two attached hydrogens (primary N) is 1. The van der Waals surface area contributed by atoms with Crippen molar-refractivity contribution in [3.05, 3.63) is 29.8 Å². The Morgan fingerprint density at radius 2 is 1.80 bits per heavy atom. The molecule has 0 radical (unpaired) electrons. The van der Waals surface area contributed by atoms with E-state index in [9.17, 15) is 8.42 Å². The molecule has 1 saturated heterocycles. The van der Waals surface area contributed by atoms with Crippen LogP contribution in [0.1, 0.15) is 63.9 Å². The predicted octanol–water partition coefficient (Wildman–Crippen LogP) is 2.58. The van der Waals surface area contributed by atoms with Gasteiger partial charge in [-0.2, -0.15) is 0 Å². The minimum Gasteiger partial charge on any atom is -0.357 e. The van der Waals surface area contributed by atoms with Crippen LogP contribution in [-0.4, -0.2) is 51.0 Å². The number of benzene rings is 1. The second kappa shape index (κ2) is 10.6. The number of nitrogens with zero attached hydrogens (tertiary/aromatic N) is 2. The van der Waals surface area contributed by atoms with E-state index in [1.165, 1.54) is 70.5 Å². The summed E-state index contributed by atoms with van der Waals surface area (Å²) in [6.07, 6.45) is 10.4. The third-order valence-electron chi connectivity index (χ3n) is 6.39.